The van der Waals surface area contributed by atoms with Gasteiger partial charge in [-0.2, -0.15) is 4.68 Å². The smallest absolute Gasteiger partial charge is 0.214 e. The molecule has 116 valence electrons. The third-order valence-corrected chi connectivity index (χ3v) is 4.36. The summed E-state index contributed by atoms with van der Waals surface area (Å²) in [6, 6.07) is 14.7. The van der Waals surface area contributed by atoms with E-state index in [9.17, 15) is 4.79 Å². The van der Waals surface area contributed by atoms with Gasteiger partial charge in [-0.05, 0) is 59.3 Å². The molecule has 3 rings (SSSR count). The van der Waals surface area contributed by atoms with Crippen molar-refractivity contribution in [1.82, 2.24) is 20.2 Å². The Morgan fingerprint density at radius 3 is 2.74 bits per heavy atom. The molecule has 0 spiro atoms. The van der Waals surface area contributed by atoms with Gasteiger partial charge < -0.3 is 0 Å². The van der Waals surface area contributed by atoms with E-state index < -0.39 is 0 Å². The minimum absolute atomic E-state index is 0.00505. The topological polar surface area (TPSA) is 60.7 Å². The van der Waals surface area contributed by atoms with Crippen molar-refractivity contribution in [2.45, 2.75) is 12.1 Å². The highest BCUT2D eigenvalue weighted by atomic mass is 35.5. The Hall–Kier alpha value is -2.18. The van der Waals surface area contributed by atoms with Crippen LogP contribution in [0.1, 0.15) is 15.9 Å². The van der Waals surface area contributed by atoms with Gasteiger partial charge in [0.05, 0.1) is 11.4 Å². The van der Waals surface area contributed by atoms with Crippen molar-refractivity contribution in [1.29, 1.82) is 0 Å². The van der Waals surface area contributed by atoms with E-state index in [1.807, 2.05) is 31.2 Å². The Balaban J connectivity index is 1.73. The van der Waals surface area contributed by atoms with Crippen molar-refractivity contribution < 1.29 is 4.79 Å². The zero-order valence-corrected chi connectivity index (χ0v) is 13.9. The molecule has 3 aromatic rings. The number of carbonyl (C=O) groups excluding carboxylic acids is 1. The first-order chi connectivity index (χ1) is 11.1. The van der Waals surface area contributed by atoms with E-state index in [1.165, 1.54) is 11.8 Å². The largest absolute Gasteiger partial charge is 0.293 e. The number of carbonyl (C=O) groups is 1. The van der Waals surface area contributed by atoms with Crippen molar-refractivity contribution in [2.24, 2.45) is 0 Å². The SMILES string of the molecule is Cc1cccc(-n2nnnc2SCC(=O)c2ccc(Cl)cc2)c1. The number of halogens is 1. The molecule has 0 atom stereocenters. The number of ketones is 1. The van der Waals surface area contributed by atoms with E-state index >= 15 is 0 Å². The average Bonchev–Trinajstić information content (AvgIpc) is 3.02. The van der Waals surface area contributed by atoms with Crippen molar-refractivity contribution in [3.63, 3.8) is 0 Å². The van der Waals surface area contributed by atoms with Crippen LogP contribution in [0.3, 0.4) is 0 Å². The predicted molar refractivity (Wildman–Crippen MR) is 90.4 cm³/mol. The maximum atomic E-state index is 12.2. The molecule has 0 aliphatic rings. The Morgan fingerprint density at radius 1 is 1.22 bits per heavy atom. The lowest BCUT2D eigenvalue weighted by Gasteiger charge is -2.05. The van der Waals surface area contributed by atoms with Crippen LogP contribution in [0, 0.1) is 6.92 Å². The monoisotopic (exact) mass is 344 g/mol. The van der Waals surface area contributed by atoms with Crippen LogP contribution < -0.4 is 0 Å². The van der Waals surface area contributed by atoms with Crippen LogP contribution >= 0.6 is 23.4 Å². The first-order valence-corrected chi connectivity index (χ1v) is 8.27. The van der Waals surface area contributed by atoms with Crippen LogP contribution in [0.5, 0.6) is 0 Å². The number of Topliss-reactive ketones (excluding diaryl/α,β-unsaturated/α-hetero) is 1. The van der Waals surface area contributed by atoms with Crippen molar-refractivity contribution >= 4 is 29.1 Å². The minimum Gasteiger partial charge on any atom is -0.293 e. The van der Waals surface area contributed by atoms with Gasteiger partial charge in [0.15, 0.2) is 5.78 Å². The number of benzene rings is 2. The van der Waals surface area contributed by atoms with E-state index in [0.29, 0.717) is 15.7 Å². The third-order valence-electron chi connectivity index (χ3n) is 3.19. The second kappa shape index (κ2) is 6.93. The van der Waals surface area contributed by atoms with Crippen LogP contribution in [0.15, 0.2) is 53.7 Å². The molecule has 0 radical (unpaired) electrons. The second-order valence-electron chi connectivity index (χ2n) is 4.93. The molecule has 5 nitrogen and oxygen atoms in total. The summed E-state index contributed by atoms with van der Waals surface area (Å²) in [5.41, 5.74) is 2.61. The average molecular weight is 345 g/mol. The molecule has 23 heavy (non-hydrogen) atoms. The fourth-order valence-electron chi connectivity index (χ4n) is 2.04. The zero-order valence-electron chi connectivity index (χ0n) is 12.3. The molecule has 0 saturated heterocycles. The van der Waals surface area contributed by atoms with Crippen molar-refractivity contribution in [3.8, 4) is 5.69 Å². The lowest BCUT2D eigenvalue weighted by molar-refractivity contribution is 0.102. The molecule has 0 saturated carbocycles. The van der Waals surface area contributed by atoms with Gasteiger partial charge in [-0.15, -0.1) is 5.10 Å². The fraction of sp³-hybridized carbons (Fsp3) is 0.125. The Kier molecular flexibility index (Phi) is 4.73. The first kappa shape index (κ1) is 15.7. The summed E-state index contributed by atoms with van der Waals surface area (Å²) < 4.78 is 1.63. The molecule has 1 aromatic heterocycles. The zero-order chi connectivity index (χ0) is 16.2. The Bertz CT molecular complexity index is 832. The first-order valence-electron chi connectivity index (χ1n) is 6.90. The van der Waals surface area contributed by atoms with Gasteiger partial charge >= 0.3 is 0 Å². The molecule has 0 N–H and O–H groups in total. The molecule has 7 heteroatoms. The van der Waals surface area contributed by atoms with Gasteiger partial charge in [0.2, 0.25) is 5.16 Å². The molecule has 0 bridgehead atoms. The maximum absolute atomic E-state index is 12.2. The summed E-state index contributed by atoms with van der Waals surface area (Å²) in [6.07, 6.45) is 0. The number of thioether (sulfide) groups is 1. The van der Waals surface area contributed by atoms with Gasteiger partial charge in [0, 0.05) is 10.6 Å². The third kappa shape index (κ3) is 3.78. The molecule has 0 unspecified atom stereocenters. The van der Waals surface area contributed by atoms with Gasteiger partial charge in [-0.25, -0.2) is 0 Å². The highest BCUT2D eigenvalue weighted by Gasteiger charge is 2.12. The van der Waals surface area contributed by atoms with Crippen molar-refractivity contribution in [3.05, 3.63) is 64.7 Å². The minimum atomic E-state index is 0.00505. The lowest BCUT2D eigenvalue weighted by atomic mass is 10.1. The number of tetrazole rings is 1. The van der Waals surface area contributed by atoms with Gasteiger partial charge in [-0.1, -0.05) is 35.5 Å². The van der Waals surface area contributed by atoms with E-state index in [1.54, 1.807) is 28.9 Å². The molecule has 0 fully saturated rings. The molecule has 0 aliphatic heterocycles. The summed E-state index contributed by atoms with van der Waals surface area (Å²) in [5.74, 6) is 0.263. The number of nitrogens with zero attached hydrogens (tertiary/aromatic N) is 4. The summed E-state index contributed by atoms with van der Waals surface area (Å²) in [6.45, 7) is 2.00. The number of aromatic nitrogens is 4. The van der Waals surface area contributed by atoms with E-state index in [0.717, 1.165) is 11.3 Å². The molecule has 0 amide bonds. The van der Waals surface area contributed by atoms with Gasteiger partial charge in [0.1, 0.15) is 0 Å². The van der Waals surface area contributed by atoms with Gasteiger partial charge in [-0.3, -0.25) is 4.79 Å². The van der Waals surface area contributed by atoms with E-state index in [2.05, 4.69) is 15.5 Å². The number of hydrogen-bond donors (Lipinski definition) is 0. The quantitative estimate of drug-likeness (QED) is 0.522. The fourth-order valence-corrected chi connectivity index (χ4v) is 2.95. The Labute approximate surface area is 142 Å². The number of hydrogen-bond acceptors (Lipinski definition) is 5. The summed E-state index contributed by atoms with van der Waals surface area (Å²) >= 11 is 7.14. The van der Waals surface area contributed by atoms with Gasteiger partial charge in [0.25, 0.3) is 0 Å². The standard InChI is InChI=1S/C16H13ClN4OS/c1-11-3-2-4-14(9-11)21-16(18-19-20-21)23-10-15(22)12-5-7-13(17)8-6-12/h2-9H,10H2,1H3. The van der Waals surface area contributed by atoms with Crippen molar-refractivity contribution in [2.75, 3.05) is 5.75 Å². The van der Waals surface area contributed by atoms with Crippen LogP contribution in [0.2, 0.25) is 5.02 Å². The lowest BCUT2D eigenvalue weighted by Crippen LogP contribution is -2.05. The van der Waals surface area contributed by atoms with Crippen LogP contribution in [0.25, 0.3) is 5.69 Å². The van der Waals surface area contributed by atoms with Crippen LogP contribution in [0.4, 0.5) is 0 Å². The molecule has 1 heterocycles. The number of rotatable bonds is 5. The van der Waals surface area contributed by atoms with E-state index in [-0.39, 0.29) is 11.5 Å². The van der Waals surface area contributed by atoms with Crippen LogP contribution in [-0.4, -0.2) is 31.7 Å². The Morgan fingerprint density at radius 2 is 2.00 bits per heavy atom. The summed E-state index contributed by atoms with van der Waals surface area (Å²) in [7, 11) is 0. The van der Waals surface area contributed by atoms with E-state index in [4.69, 9.17) is 11.6 Å². The molecular formula is C16H13ClN4OS. The second-order valence-corrected chi connectivity index (χ2v) is 6.31. The summed E-state index contributed by atoms with van der Waals surface area (Å²) in [5, 5.41) is 12.9. The predicted octanol–water partition coefficient (Wildman–Crippen LogP) is 3.60. The molecular weight excluding hydrogens is 332 g/mol. The normalized spacial score (nSPS) is 10.7. The summed E-state index contributed by atoms with van der Waals surface area (Å²) in [4.78, 5) is 12.2. The molecule has 2 aromatic carbocycles. The maximum Gasteiger partial charge on any atom is 0.214 e. The highest BCUT2D eigenvalue weighted by molar-refractivity contribution is 7.99. The van der Waals surface area contributed by atoms with Crippen LogP contribution in [-0.2, 0) is 0 Å². The molecule has 0 aliphatic carbocycles. The highest BCUT2D eigenvalue weighted by Crippen LogP contribution is 2.20. The number of aryl methyl sites for hydroxylation is 1.